The van der Waals surface area contributed by atoms with Crippen LogP contribution in [0.25, 0.3) is 0 Å². The normalized spacial score (nSPS) is 12.4. The Morgan fingerprint density at radius 1 is 0.750 bits per heavy atom. The minimum Gasteiger partial charge on any atom is -0.445 e. The molecular weight excluding hydrogens is 356 g/mol. The standard InChI is InChI=1S/C22H36N2O4/c1-15(2)23(16(3)4)21(25)27-14-20(19-12-10-9-11-13-19)28-22(26)24(17(5)6)18(7)8/h9-13,15-18,20H,14H2,1-8H3/t20-/m0/s1. The first-order chi connectivity index (χ1) is 13.1. The van der Waals surface area contributed by atoms with E-state index in [1.54, 1.807) is 9.80 Å². The van der Waals surface area contributed by atoms with E-state index in [0.29, 0.717) is 0 Å². The Hall–Kier alpha value is -2.24. The molecule has 2 amide bonds. The Morgan fingerprint density at radius 2 is 1.18 bits per heavy atom. The third-order valence-corrected chi connectivity index (χ3v) is 4.42. The molecule has 0 spiro atoms. The summed E-state index contributed by atoms with van der Waals surface area (Å²) >= 11 is 0. The molecule has 0 aromatic heterocycles. The number of nitrogens with zero attached hydrogens (tertiary/aromatic N) is 2. The van der Waals surface area contributed by atoms with Gasteiger partial charge in [-0.15, -0.1) is 0 Å². The van der Waals surface area contributed by atoms with E-state index in [1.807, 2.05) is 85.7 Å². The average molecular weight is 393 g/mol. The van der Waals surface area contributed by atoms with E-state index in [1.165, 1.54) is 0 Å². The molecule has 0 aliphatic heterocycles. The molecule has 1 rings (SSSR count). The first-order valence-electron chi connectivity index (χ1n) is 10.0. The molecule has 0 aliphatic rings. The molecule has 0 fully saturated rings. The first-order valence-corrected chi connectivity index (χ1v) is 10.0. The zero-order valence-electron chi connectivity index (χ0n) is 18.5. The minimum absolute atomic E-state index is 0.00356. The van der Waals surface area contributed by atoms with Gasteiger partial charge in [-0.05, 0) is 61.0 Å². The first kappa shape index (κ1) is 23.8. The molecule has 0 radical (unpaired) electrons. The maximum absolute atomic E-state index is 12.8. The van der Waals surface area contributed by atoms with Crippen molar-refractivity contribution in [3.63, 3.8) is 0 Å². The number of hydrogen-bond acceptors (Lipinski definition) is 4. The van der Waals surface area contributed by atoms with Crippen molar-refractivity contribution in [1.29, 1.82) is 0 Å². The Morgan fingerprint density at radius 3 is 1.61 bits per heavy atom. The van der Waals surface area contributed by atoms with Crippen molar-refractivity contribution in [2.45, 2.75) is 85.7 Å². The van der Waals surface area contributed by atoms with Crippen LogP contribution in [-0.2, 0) is 9.47 Å². The largest absolute Gasteiger partial charge is 0.445 e. The highest BCUT2D eigenvalue weighted by atomic mass is 16.6. The SMILES string of the molecule is CC(C)N(C(=O)OC[C@H](OC(=O)N(C(C)C)C(C)C)c1ccccc1)C(C)C. The van der Waals surface area contributed by atoms with Crippen LogP contribution in [0.3, 0.4) is 0 Å². The van der Waals surface area contributed by atoms with Gasteiger partial charge < -0.3 is 19.3 Å². The molecule has 0 saturated carbocycles. The van der Waals surface area contributed by atoms with Gasteiger partial charge in [0.1, 0.15) is 6.61 Å². The number of carbonyl (C=O) groups is 2. The van der Waals surface area contributed by atoms with E-state index in [-0.39, 0.29) is 30.8 Å². The van der Waals surface area contributed by atoms with Crippen LogP contribution in [0.4, 0.5) is 9.59 Å². The van der Waals surface area contributed by atoms with E-state index in [9.17, 15) is 9.59 Å². The predicted molar refractivity (Wildman–Crippen MR) is 111 cm³/mol. The Labute approximate surface area is 169 Å². The van der Waals surface area contributed by atoms with Gasteiger partial charge in [0.15, 0.2) is 6.10 Å². The van der Waals surface area contributed by atoms with Gasteiger partial charge in [0, 0.05) is 24.2 Å². The number of ether oxygens (including phenoxy) is 2. The third-order valence-electron chi connectivity index (χ3n) is 4.42. The lowest BCUT2D eigenvalue weighted by molar-refractivity contribution is 0.00207. The summed E-state index contributed by atoms with van der Waals surface area (Å²) in [5.74, 6) is 0. The van der Waals surface area contributed by atoms with Crippen molar-refractivity contribution in [2.75, 3.05) is 6.61 Å². The van der Waals surface area contributed by atoms with Gasteiger partial charge in [0.25, 0.3) is 0 Å². The Kier molecular flexibility index (Phi) is 9.29. The summed E-state index contributed by atoms with van der Waals surface area (Å²) in [6, 6.07) is 9.40. The summed E-state index contributed by atoms with van der Waals surface area (Å²) in [7, 11) is 0. The summed E-state index contributed by atoms with van der Waals surface area (Å²) in [4.78, 5) is 28.6. The highest BCUT2D eigenvalue weighted by Crippen LogP contribution is 2.21. The summed E-state index contributed by atoms with van der Waals surface area (Å²) in [5.41, 5.74) is 0.789. The van der Waals surface area contributed by atoms with E-state index in [2.05, 4.69) is 0 Å². The topological polar surface area (TPSA) is 59.1 Å². The highest BCUT2D eigenvalue weighted by molar-refractivity contribution is 5.69. The number of amides is 2. The second kappa shape index (κ2) is 10.9. The van der Waals surface area contributed by atoms with E-state index < -0.39 is 18.3 Å². The van der Waals surface area contributed by atoms with Gasteiger partial charge in [0.05, 0.1) is 0 Å². The second-order valence-electron chi connectivity index (χ2n) is 8.05. The van der Waals surface area contributed by atoms with Gasteiger partial charge in [-0.2, -0.15) is 0 Å². The highest BCUT2D eigenvalue weighted by Gasteiger charge is 2.28. The fraction of sp³-hybridized carbons (Fsp3) is 0.636. The fourth-order valence-electron chi connectivity index (χ4n) is 3.31. The van der Waals surface area contributed by atoms with Gasteiger partial charge in [-0.25, -0.2) is 9.59 Å². The molecule has 0 N–H and O–H groups in total. The van der Waals surface area contributed by atoms with Crippen molar-refractivity contribution >= 4 is 12.2 Å². The molecule has 0 saturated heterocycles. The van der Waals surface area contributed by atoms with Crippen molar-refractivity contribution in [2.24, 2.45) is 0 Å². The molecule has 0 heterocycles. The molecule has 6 heteroatoms. The smallest absolute Gasteiger partial charge is 0.410 e. The van der Waals surface area contributed by atoms with E-state index >= 15 is 0 Å². The van der Waals surface area contributed by atoms with E-state index in [4.69, 9.17) is 9.47 Å². The second-order valence-corrected chi connectivity index (χ2v) is 8.05. The lowest BCUT2D eigenvalue weighted by atomic mass is 10.1. The lowest BCUT2D eigenvalue weighted by Crippen LogP contribution is -2.44. The molecule has 1 aromatic carbocycles. The van der Waals surface area contributed by atoms with Crippen LogP contribution in [0.5, 0.6) is 0 Å². The zero-order chi connectivity index (χ0) is 21.4. The molecular formula is C22H36N2O4. The Balaban J connectivity index is 2.96. The monoisotopic (exact) mass is 392 g/mol. The predicted octanol–water partition coefficient (Wildman–Crippen LogP) is 5.24. The molecule has 1 aromatic rings. The molecule has 6 nitrogen and oxygen atoms in total. The van der Waals surface area contributed by atoms with Gasteiger partial charge in [0.2, 0.25) is 0 Å². The van der Waals surface area contributed by atoms with Crippen molar-refractivity contribution in [3.05, 3.63) is 35.9 Å². The van der Waals surface area contributed by atoms with Gasteiger partial charge in [-0.3, -0.25) is 0 Å². The molecule has 0 aliphatic carbocycles. The van der Waals surface area contributed by atoms with Crippen LogP contribution in [-0.4, -0.2) is 52.8 Å². The molecule has 1 atom stereocenters. The number of benzene rings is 1. The summed E-state index contributed by atoms with van der Waals surface area (Å²) < 4.78 is 11.3. The van der Waals surface area contributed by atoms with Crippen LogP contribution in [0.1, 0.15) is 67.1 Å². The van der Waals surface area contributed by atoms with Crippen molar-refractivity contribution in [3.8, 4) is 0 Å². The maximum atomic E-state index is 12.8. The average Bonchev–Trinajstić information content (AvgIpc) is 2.57. The molecule has 158 valence electrons. The Bertz CT molecular complexity index is 598. The van der Waals surface area contributed by atoms with Gasteiger partial charge in [-0.1, -0.05) is 30.3 Å². The minimum atomic E-state index is -0.668. The molecule has 0 unspecified atom stereocenters. The lowest BCUT2D eigenvalue weighted by Gasteiger charge is -2.32. The van der Waals surface area contributed by atoms with E-state index in [0.717, 1.165) is 5.56 Å². The molecule has 0 bridgehead atoms. The number of rotatable bonds is 8. The summed E-state index contributed by atoms with van der Waals surface area (Å²) in [6.07, 6.45) is -1.50. The quantitative estimate of drug-likeness (QED) is 0.607. The van der Waals surface area contributed by atoms with Gasteiger partial charge >= 0.3 is 12.2 Å². The number of hydrogen-bond donors (Lipinski definition) is 0. The van der Waals surface area contributed by atoms with Crippen LogP contribution in [0.2, 0.25) is 0 Å². The summed E-state index contributed by atoms with van der Waals surface area (Å²) in [5, 5.41) is 0. The molecule has 28 heavy (non-hydrogen) atoms. The van der Waals surface area contributed by atoms with Crippen molar-refractivity contribution < 1.29 is 19.1 Å². The zero-order valence-corrected chi connectivity index (χ0v) is 18.5. The van der Waals surface area contributed by atoms with Crippen LogP contribution >= 0.6 is 0 Å². The van der Waals surface area contributed by atoms with Crippen LogP contribution < -0.4 is 0 Å². The fourth-order valence-corrected chi connectivity index (χ4v) is 3.31. The maximum Gasteiger partial charge on any atom is 0.410 e. The van der Waals surface area contributed by atoms with Crippen LogP contribution in [0.15, 0.2) is 30.3 Å². The number of carbonyl (C=O) groups excluding carboxylic acids is 2. The third kappa shape index (κ3) is 6.73. The summed E-state index contributed by atoms with van der Waals surface area (Å²) in [6.45, 7) is 15.5. The van der Waals surface area contributed by atoms with Crippen molar-refractivity contribution in [1.82, 2.24) is 9.80 Å². The van der Waals surface area contributed by atoms with Crippen LogP contribution in [0, 0.1) is 0 Å².